The molecule has 0 saturated carbocycles. The Balaban J connectivity index is 0. The van der Waals surface area contributed by atoms with Crippen molar-refractivity contribution < 1.29 is 9.05 Å². The number of thiol groups is 1. The van der Waals surface area contributed by atoms with Crippen LogP contribution in [0.3, 0.4) is 0 Å². The molecule has 134 valence electrons. The minimum absolute atomic E-state index is 0. The van der Waals surface area contributed by atoms with E-state index in [1.54, 1.807) is 0 Å². The second-order valence-electron chi connectivity index (χ2n) is 5.67. The number of rotatable bonds is 16. The van der Waals surface area contributed by atoms with Gasteiger partial charge >= 0.3 is 23.9 Å². The zero-order valence-corrected chi connectivity index (χ0v) is 21.4. The Labute approximate surface area is 166 Å². The molecule has 2 radical (unpaired) electrons. The van der Waals surface area contributed by atoms with E-state index in [2.05, 4.69) is 26.1 Å². The number of unbranched alkanes of at least 4 members (excludes halogenated alkanes) is 10. The summed E-state index contributed by atoms with van der Waals surface area (Å²) in [6, 6.07) is 0. The zero-order chi connectivity index (χ0) is 15.8. The summed E-state index contributed by atoms with van der Waals surface area (Å²) in [4.78, 5) is 0. The fourth-order valence-electron chi connectivity index (χ4n) is 2.16. The van der Waals surface area contributed by atoms with E-state index in [0.717, 1.165) is 12.8 Å². The molecule has 0 spiro atoms. The first-order chi connectivity index (χ1) is 10.1. The zero-order valence-electron chi connectivity index (χ0n) is 14.7. The average molecular weight is 475 g/mol. The van der Waals surface area contributed by atoms with Gasteiger partial charge in [0.1, 0.15) is 0 Å². The van der Waals surface area contributed by atoms with E-state index in [1.165, 1.54) is 64.2 Å². The van der Waals surface area contributed by atoms with Crippen LogP contribution < -0.4 is 0 Å². The monoisotopic (exact) mass is 476 g/mol. The molecular formula is C16H37O2PS2Sn. The Morgan fingerprint density at radius 1 is 0.682 bits per heavy atom. The fraction of sp³-hybridized carbons (Fsp3) is 1.00. The summed E-state index contributed by atoms with van der Waals surface area (Å²) in [5.74, 6) is 0. The van der Waals surface area contributed by atoms with Crippen molar-refractivity contribution in [2.75, 3.05) is 13.2 Å². The minimum atomic E-state index is -2.29. The van der Waals surface area contributed by atoms with Gasteiger partial charge in [-0.15, -0.1) is 0 Å². The summed E-state index contributed by atoms with van der Waals surface area (Å²) in [6.07, 6.45) is 15.1. The maximum absolute atomic E-state index is 5.65. The van der Waals surface area contributed by atoms with Gasteiger partial charge in [0.2, 0.25) is 5.69 Å². The Morgan fingerprint density at radius 3 is 1.36 bits per heavy atom. The van der Waals surface area contributed by atoms with E-state index in [1.807, 2.05) is 0 Å². The van der Waals surface area contributed by atoms with Crippen molar-refractivity contribution in [3.8, 4) is 0 Å². The van der Waals surface area contributed by atoms with Crippen molar-refractivity contribution in [1.29, 1.82) is 0 Å². The summed E-state index contributed by atoms with van der Waals surface area (Å²) in [6.45, 7) is 5.87. The van der Waals surface area contributed by atoms with Gasteiger partial charge in [-0.1, -0.05) is 90.3 Å². The van der Waals surface area contributed by atoms with E-state index >= 15 is 0 Å². The predicted octanol–water partition coefficient (Wildman–Crippen LogP) is 5.98. The van der Waals surface area contributed by atoms with Crippen LogP contribution in [0.5, 0.6) is 0 Å². The van der Waals surface area contributed by atoms with Crippen LogP contribution in [0.1, 0.15) is 90.9 Å². The molecule has 0 aromatic rings. The van der Waals surface area contributed by atoms with Crippen LogP contribution >= 0.6 is 17.9 Å². The van der Waals surface area contributed by atoms with E-state index in [-0.39, 0.29) is 23.9 Å². The van der Waals surface area contributed by atoms with Gasteiger partial charge in [-0.3, -0.25) is 0 Å². The molecule has 0 unspecified atom stereocenters. The first-order valence-electron chi connectivity index (χ1n) is 8.74. The maximum atomic E-state index is 5.65. The number of hydrogen-bond donors (Lipinski definition) is 1. The molecule has 0 N–H and O–H groups in total. The first-order valence-corrected chi connectivity index (χ1v) is 12.5. The van der Waals surface area contributed by atoms with Crippen LogP contribution in [0.2, 0.25) is 0 Å². The predicted molar refractivity (Wildman–Crippen MR) is 110 cm³/mol. The van der Waals surface area contributed by atoms with Crippen LogP contribution in [-0.4, -0.2) is 37.1 Å². The van der Waals surface area contributed by atoms with Gasteiger partial charge in [0.05, 0.1) is 13.2 Å². The molecule has 0 saturated heterocycles. The Hall–Kier alpha value is 1.72. The van der Waals surface area contributed by atoms with Gasteiger partial charge in [-0.25, -0.2) is 0 Å². The molecule has 0 aromatic carbocycles. The molecule has 0 aliphatic heterocycles. The van der Waals surface area contributed by atoms with Gasteiger partial charge < -0.3 is 9.05 Å². The topological polar surface area (TPSA) is 18.5 Å². The third kappa shape index (κ3) is 19.8. The molecule has 0 aliphatic carbocycles. The molecule has 2 nitrogen and oxygen atoms in total. The second-order valence-corrected chi connectivity index (χ2v) is 11.0. The van der Waals surface area contributed by atoms with Crippen LogP contribution in [0, 0.1) is 0 Å². The molecule has 0 heterocycles. The van der Waals surface area contributed by atoms with Crippen molar-refractivity contribution in [1.82, 2.24) is 0 Å². The van der Waals surface area contributed by atoms with Crippen LogP contribution in [0.25, 0.3) is 0 Å². The Bertz CT molecular complexity index is 247. The van der Waals surface area contributed by atoms with E-state index in [4.69, 9.17) is 20.9 Å². The molecular weight excluding hydrogens is 438 g/mol. The Kier molecular flexibility index (Phi) is 22.5. The average Bonchev–Trinajstić information content (AvgIpc) is 2.45. The molecule has 0 fully saturated rings. The molecule has 0 rings (SSSR count). The molecule has 0 amide bonds. The molecule has 0 atom stereocenters. The Morgan fingerprint density at radius 2 is 1.00 bits per heavy atom. The van der Waals surface area contributed by atoms with Crippen LogP contribution in [-0.2, 0) is 20.9 Å². The number of hydrogen-bond acceptors (Lipinski definition) is 3. The van der Waals surface area contributed by atoms with Crippen LogP contribution in [0.15, 0.2) is 0 Å². The SMILES string of the molecule is CCCCCCCCOP(=S)(S)OCCCCCCCC.[SnH2]. The van der Waals surface area contributed by atoms with E-state index in [9.17, 15) is 0 Å². The van der Waals surface area contributed by atoms with Gasteiger partial charge in [0.15, 0.2) is 0 Å². The quantitative estimate of drug-likeness (QED) is 0.128. The molecule has 6 heteroatoms. The normalized spacial score (nSPS) is 11.4. The summed E-state index contributed by atoms with van der Waals surface area (Å²) in [5, 5.41) is 0. The molecule has 0 aromatic heterocycles. The van der Waals surface area contributed by atoms with Crippen molar-refractivity contribution >= 4 is 53.7 Å². The van der Waals surface area contributed by atoms with E-state index < -0.39 is 5.69 Å². The summed E-state index contributed by atoms with van der Waals surface area (Å²) in [5.41, 5.74) is -2.29. The van der Waals surface area contributed by atoms with Crippen LogP contribution in [0.4, 0.5) is 0 Å². The molecule has 0 aliphatic rings. The third-order valence-corrected chi connectivity index (χ3v) is 5.85. The van der Waals surface area contributed by atoms with Gasteiger partial charge in [-0.2, -0.15) is 0 Å². The van der Waals surface area contributed by atoms with Gasteiger partial charge in [0, 0.05) is 0 Å². The summed E-state index contributed by atoms with van der Waals surface area (Å²) in [7, 11) is 0. The summed E-state index contributed by atoms with van der Waals surface area (Å²) >= 11 is 9.70. The molecule has 22 heavy (non-hydrogen) atoms. The van der Waals surface area contributed by atoms with Crippen molar-refractivity contribution in [3.05, 3.63) is 0 Å². The van der Waals surface area contributed by atoms with Gasteiger partial charge in [-0.05, 0) is 24.6 Å². The third-order valence-electron chi connectivity index (χ3n) is 3.50. The van der Waals surface area contributed by atoms with E-state index in [0.29, 0.717) is 13.2 Å². The van der Waals surface area contributed by atoms with Crippen molar-refractivity contribution in [2.24, 2.45) is 0 Å². The van der Waals surface area contributed by atoms with Gasteiger partial charge in [0.25, 0.3) is 0 Å². The first kappa shape index (κ1) is 26.0. The fourth-order valence-corrected chi connectivity index (χ4v) is 3.89. The molecule has 0 bridgehead atoms. The van der Waals surface area contributed by atoms with Crippen molar-refractivity contribution in [2.45, 2.75) is 90.9 Å². The summed E-state index contributed by atoms with van der Waals surface area (Å²) < 4.78 is 11.3. The van der Waals surface area contributed by atoms with Crippen molar-refractivity contribution in [3.63, 3.8) is 0 Å². The standard InChI is InChI=1S/C16H35O2PS2.Sn.2H/c1-3-5-7-9-11-13-15-17-19(20,21)18-16-14-12-10-8-6-4-2;;;/h3-16H2,1-2H3,(H,20,21);;;. The second kappa shape index (κ2) is 19.0.